The number of amides is 1. The molecule has 0 saturated heterocycles. The Labute approximate surface area is 129 Å². The molecule has 0 heterocycles. The maximum absolute atomic E-state index is 11.8. The first kappa shape index (κ1) is 16.6. The van der Waals surface area contributed by atoms with Crippen molar-refractivity contribution in [3.63, 3.8) is 0 Å². The first-order valence-electron chi connectivity index (χ1n) is 8.62. The Morgan fingerprint density at radius 1 is 1.24 bits per heavy atom. The summed E-state index contributed by atoms with van der Waals surface area (Å²) in [5.41, 5.74) is -0.425. The van der Waals surface area contributed by atoms with Gasteiger partial charge in [0.25, 0.3) is 0 Å². The SMILES string of the molecule is CCC1CCCC1NC(CNC(=O)OC(C)(C)C)C1CC1. The molecule has 2 saturated carbocycles. The van der Waals surface area contributed by atoms with Gasteiger partial charge in [-0.25, -0.2) is 4.79 Å². The lowest BCUT2D eigenvalue weighted by molar-refractivity contribution is 0.0519. The highest BCUT2D eigenvalue weighted by Gasteiger charge is 2.35. The minimum absolute atomic E-state index is 0.298. The van der Waals surface area contributed by atoms with Gasteiger partial charge in [-0.1, -0.05) is 19.8 Å². The molecule has 4 heteroatoms. The van der Waals surface area contributed by atoms with E-state index < -0.39 is 5.60 Å². The Morgan fingerprint density at radius 2 is 1.95 bits per heavy atom. The van der Waals surface area contributed by atoms with Gasteiger partial charge in [0.15, 0.2) is 0 Å². The molecule has 0 aliphatic heterocycles. The minimum atomic E-state index is -0.425. The van der Waals surface area contributed by atoms with Crippen molar-refractivity contribution in [3.05, 3.63) is 0 Å². The number of nitrogens with one attached hydrogen (secondary N) is 2. The summed E-state index contributed by atoms with van der Waals surface area (Å²) >= 11 is 0. The van der Waals surface area contributed by atoms with Gasteiger partial charge in [0.2, 0.25) is 0 Å². The van der Waals surface area contributed by atoms with E-state index in [1.54, 1.807) is 0 Å². The molecule has 0 spiro atoms. The predicted octanol–water partition coefficient (Wildman–Crippen LogP) is 3.46. The van der Waals surface area contributed by atoms with Crippen LogP contribution >= 0.6 is 0 Å². The Balaban J connectivity index is 1.78. The van der Waals surface area contributed by atoms with Crippen molar-refractivity contribution in [3.8, 4) is 0 Å². The average Bonchev–Trinajstić information content (AvgIpc) is 3.12. The topological polar surface area (TPSA) is 50.4 Å². The third-order valence-corrected chi connectivity index (χ3v) is 4.67. The van der Waals surface area contributed by atoms with Crippen LogP contribution in [0.2, 0.25) is 0 Å². The summed E-state index contributed by atoms with van der Waals surface area (Å²) in [6.45, 7) is 8.66. The highest BCUT2D eigenvalue weighted by atomic mass is 16.6. The molecule has 2 fully saturated rings. The summed E-state index contributed by atoms with van der Waals surface area (Å²) in [7, 11) is 0. The number of carbonyl (C=O) groups is 1. The number of hydrogen-bond donors (Lipinski definition) is 2. The number of hydrogen-bond acceptors (Lipinski definition) is 3. The summed E-state index contributed by atoms with van der Waals surface area (Å²) in [4.78, 5) is 11.8. The zero-order valence-electron chi connectivity index (χ0n) is 14.1. The largest absolute Gasteiger partial charge is 0.444 e. The molecule has 3 unspecified atom stereocenters. The van der Waals surface area contributed by atoms with Gasteiger partial charge in [0, 0.05) is 18.6 Å². The zero-order chi connectivity index (χ0) is 15.5. The molecular weight excluding hydrogens is 264 g/mol. The molecule has 2 aliphatic carbocycles. The molecule has 0 aromatic carbocycles. The molecule has 1 amide bonds. The third kappa shape index (κ3) is 5.50. The molecule has 2 aliphatic rings. The Hall–Kier alpha value is -0.770. The van der Waals surface area contributed by atoms with Crippen LogP contribution in [0.15, 0.2) is 0 Å². The average molecular weight is 296 g/mol. The molecule has 4 nitrogen and oxygen atoms in total. The van der Waals surface area contributed by atoms with Gasteiger partial charge in [-0.2, -0.15) is 0 Å². The second-order valence-electron chi connectivity index (χ2n) is 7.70. The Morgan fingerprint density at radius 3 is 2.52 bits per heavy atom. The molecule has 0 bridgehead atoms. The standard InChI is InChI=1S/C17H32N2O2/c1-5-12-7-6-8-14(12)19-15(13-9-10-13)11-18-16(20)21-17(2,3)4/h12-15,19H,5-11H2,1-4H3,(H,18,20). The van der Waals surface area contributed by atoms with E-state index in [4.69, 9.17) is 4.74 Å². The van der Waals surface area contributed by atoms with Gasteiger partial charge in [-0.15, -0.1) is 0 Å². The fourth-order valence-electron chi connectivity index (χ4n) is 3.39. The van der Waals surface area contributed by atoms with E-state index >= 15 is 0 Å². The van der Waals surface area contributed by atoms with Crippen LogP contribution in [0.5, 0.6) is 0 Å². The fourth-order valence-corrected chi connectivity index (χ4v) is 3.39. The zero-order valence-corrected chi connectivity index (χ0v) is 14.1. The minimum Gasteiger partial charge on any atom is -0.444 e. The van der Waals surface area contributed by atoms with Gasteiger partial charge >= 0.3 is 6.09 Å². The van der Waals surface area contributed by atoms with E-state index in [0.29, 0.717) is 18.6 Å². The normalized spacial score (nSPS) is 27.4. The lowest BCUT2D eigenvalue weighted by atomic mass is 9.99. The van der Waals surface area contributed by atoms with Gasteiger partial charge in [-0.05, 0) is 58.3 Å². The van der Waals surface area contributed by atoms with Crippen molar-refractivity contribution in [1.29, 1.82) is 0 Å². The monoisotopic (exact) mass is 296 g/mol. The van der Waals surface area contributed by atoms with Gasteiger partial charge in [-0.3, -0.25) is 0 Å². The van der Waals surface area contributed by atoms with E-state index in [2.05, 4.69) is 17.6 Å². The lowest BCUT2D eigenvalue weighted by Gasteiger charge is -2.27. The van der Waals surface area contributed by atoms with Crippen LogP contribution in [0.1, 0.15) is 66.2 Å². The smallest absolute Gasteiger partial charge is 0.407 e. The van der Waals surface area contributed by atoms with Crippen molar-refractivity contribution in [2.75, 3.05) is 6.54 Å². The second-order valence-corrected chi connectivity index (χ2v) is 7.70. The number of ether oxygens (including phenoxy) is 1. The number of carbonyl (C=O) groups excluding carboxylic acids is 1. The van der Waals surface area contributed by atoms with E-state index in [0.717, 1.165) is 11.8 Å². The molecule has 2 rings (SSSR count). The van der Waals surface area contributed by atoms with Crippen molar-refractivity contribution in [2.45, 2.75) is 83.9 Å². The van der Waals surface area contributed by atoms with Crippen LogP contribution in [-0.4, -0.2) is 30.3 Å². The summed E-state index contributed by atoms with van der Waals surface area (Å²) in [6.07, 6.45) is 7.52. The maximum atomic E-state index is 11.8. The van der Waals surface area contributed by atoms with Crippen LogP contribution in [0, 0.1) is 11.8 Å². The fraction of sp³-hybridized carbons (Fsp3) is 0.941. The molecule has 0 radical (unpaired) electrons. The van der Waals surface area contributed by atoms with E-state index in [-0.39, 0.29) is 6.09 Å². The Bertz CT molecular complexity index is 347. The molecule has 122 valence electrons. The predicted molar refractivity (Wildman–Crippen MR) is 85.3 cm³/mol. The molecule has 2 N–H and O–H groups in total. The van der Waals surface area contributed by atoms with Crippen molar-refractivity contribution in [2.24, 2.45) is 11.8 Å². The highest BCUT2D eigenvalue weighted by molar-refractivity contribution is 5.67. The van der Waals surface area contributed by atoms with E-state index in [1.807, 2.05) is 20.8 Å². The first-order valence-corrected chi connectivity index (χ1v) is 8.62. The Kier molecular flexibility index (Phi) is 5.53. The first-order chi connectivity index (χ1) is 9.89. The molecule has 21 heavy (non-hydrogen) atoms. The number of alkyl carbamates (subject to hydrolysis) is 1. The summed E-state index contributed by atoms with van der Waals surface area (Å²) in [5, 5.41) is 6.77. The van der Waals surface area contributed by atoms with Crippen molar-refractivity contribution < 1.29 is 9.53 Å². The second kappa shape index (κ2) is 6.99. The quantitative estimate of drug-likeness (QED) is 0.789. The third-order valence-electron chi connectivity index (χ3n) is 4.67. The lowest BCUT2D eigenvalue weighted by Crippen LogP contribution is -2.48. The van der Waals surface area contributed by atoms with Crippen molar-refractivity contribution >= 4 is 6.09 Å². The molecular formula is C17H32N2O2. The van der Waals surface area contributed by atoms with Crippen LogP contribution in [-0.2, 0) is 4.74 Å². The van der Waals surface area contributed by atoms with Crippen LogP contribution in [0.25, 0.3) is 0 Å². The van der Waals surface area contributed by atoms with Crippen molar-refractivity contribution in [1.82, 2.24) is 10.6 Å². The van der Waals surface area contributed by atoms with Crippen LogP contribution in [0.4, 0.5) is 4.79 Å². The maximum Gasteiger partial charge on any atom is 0.407 e. The highest BCUT2D eigenvalue weighted by Crippen LogP contribution is 2.35. The van der Waals surface area contributed by atoms with E-state index in [9.17, 15) is 4.79 Å². The summed E-state index contributed by atoms with van der Waals surface area (Å²) in [6, 6.07) is 1.05. The number of rotatable bonds is 6. The summed E-state index contributed by atoms with van der Waals surface area (Å²) < 4.78 is 5.32. The van der Waals surface area contributed by atoms with Crippen LogP contribution in [0.3, 0.4) is 0 Å². The van der Waals surface area contributed by atoms with Gasteiger partial charge in [0.05, 0.1) is 0 Å². The summed E-state index contributed by atoms with van der Waals surface area (Å²) in [5.74, 6) is 1.55. The molecule has 0 aromatic heterocycles. The molecule has 0 aromatic rings. The van der Waals surface area contributed by atoms with E-state index in [1.165, 1.54) is 38.5 Å². The van der Waals surface area contributed by atoms with Gasteiger partial charge in [0.1, 0.15) is 5.60 Å². The molecule has 3 atom stereocenters. The van der Waals surface area contributed by atoms with Crippen LogP contribution < -0.4 is 10.6 Å². The van der Waals surface area contributed by atoms with Gasteiger partial charge < -0.3 is 15.4 Å².